The van der Waals surface area contributed by atoms with E-state index in [9.17, 15) is 9.59 Å². The van der Waals surface area contributed by atoms with Crippen molar-refractivity contribution in [1.82, 2.24) is 15.5 Å². The van der Waals surface area contributed by atoms with Crippen molar-refractivity contribution < 1.29 is 9.59 Å². The zero-order valence-corrected chi connectivity index (χ0v) is 9.82. The molecule has 0 aromatic carbocycles. The van der Waals surface area contributed by atoms with Gasteiger partial charge in [-0.3, -0.25) is 15.0 Å². The van der Waals surface area contributed by atoms with Crippen molar-refractivity contribution in [3.8, 4) is 0 Å². The molecule has 1 heterocycles. The van der Waals surface area contributed by atoms with Crippen LogP contribution < -0.4 is 16.4 Å². The van der Waals surface area contributed by atoms with Crippen LogP contribution in [0.2, 0.25) is 0 Å². The van der Waals surface area contributed by atoms with E-state index in [2.05, 4.69) is 15.5 Å². The molecular weight excluding hydrogens is 208 g/mol. The van der Waals surface area contributed by atoms with Gasteiger partial charge >= 0.3 is 6.03 Å². The molecule has 2 atom stereocenters. The predicted octanol–water partition coefficient (Wildman–Crippen LogP) is -0.889. The number of carbonyl (C=O) groups is 2. The fourth-order valence-corrected chi connectivity index (χ4v) is 1.85. The Morgan fingerprint density at radius 3 is 2.75 bits per heavy atom. The molecule has 92 valence electrons. The molecule has 0 radical (unpaired) electrons. The molecule has 1 fully saturated rings. The van der Waals surface area contributed by atoms with Gasteiger partial charge in [0.2, 0.25) is 5.91 Å². The van der Waals surface area contributed by atoms with Gasteiger partial charge in [-0.05, 0) is 32.4 Å². The second kappa shape index (κ2) is 5.81. The van der Waals surface area contributed by atoms with Gasteiger partial charge in [0, 0.05) is 13.6 Å². The molecule has 4 N–H and O–H groups in total. The van der Waals surface area contributed by atoms with Crippen molar-refractivity contribution >= 4 is 11.9 Å². The van der Waals surface area contributed by atoms with Crippen LogP contribution in [-0.4, -0.2) is 49.6 Å². The Kier molecular flexibility index (Phi) is 4.70. The lowest BCUT2D eigenvalue weighted by molar-refractivity contribution is -0.124. The van der Waals surface area contributed by atoms with Crippen LogP contribution in [0, 0.1) is 5.92 Å². The molecule has 16 heavy (non-hydrogen) atoms. The summed E-state index contributed by atoms with van der Waals surface area (Å²) in [6.07, 6.45) is 1.02. The monoisotopic (exact) mass is 228 g/mol. The van der Waals surface area contributed by atoms with E-state index in [-0.39, 0.29) is 11.9 Å². The van der Waals surface area contributed by atoms with Gasteiger partial charge in [0.1, 0.15) is 0 Å². The summed E-state index contributed by atoms with van der Waals surface area (Å²) in [7, 11) is 1.48. The van der Waals surface area contributed by atoms with E-state index in [1.54, 1.807) is 6.92 Å². The lowest BCUT2D eigenvalue weighted by Crippen LogP contribution is -2.48. The Labute approximate surface area is 95.5 Å². The van der Waals surface area contributed by atoms with Gasteiger partial charge in [0.25, 0.3) is 0 Å². The number of imide groups is 1. The van der Waals surface area contributed by atoms with E-state index >= 15 is 0 Å². The summed E-state index contributed by atoms with van der Waals surface area (Å²) in [6, 6.07) is -0.750. The SMILES string of the molecule is CNC(=O)NC(=O)C(C)N1CCC(CN)C1. The first kappa shape index (κ1) is 12.9. The molecule has 0 saturated carbocycles. The highest BCUT2D eigenvalue weighted by molar-refractivity contribution is 5.96. The Morgan fingerprint density at radius 2 is 2.25 bits per heavy atom. The molecule has 0 bridgehead atoms. The number of nitrogens with two attached hydrogens (primary N) is 1. The van der Waals surface area contributed by atoms with E-state index < -0.39 is 6.03 Å². The molecule has 1 rings (SSSR count). The third kappa shape index (κ3) is 3.18. The minimum atomic E-state index is -0.466. The third-order valence-electron chi connectivity index (χ3n) is 3.04. The number of nitrogens with one attached hydrogen (secondary N) is 2. The van der Waals surface area contributed by atoms with Crippen LogP contribution in [0.5, 0.6) is 0 Å². The third-order valence-corrected chi connectivity index (χ3v) is 3.04. The number of hydrogen-bond donors (Lipinski definition) is 3. The van der Waals surface area contributed by atoms with Crippen molar-refractivity contribution in [2.24, 2.45) is 11.7 Å². The Morgan fingerprint density at radius 1 is 1.56 bits per heavy atom. The average Bonchev–Trinajstić information content (AvgIpc) is 2.76. The van der Waals surface area contributed by atoms with Gasteiger partial charge < -0.3 is 11.1 Å². The lowest BCUT2D eigenvalue weighted by atomic mass is 10.1. The Bertz CT molecular complexity index is 270. The first-order chi connectivity index (χ1) is 7.58. The maximum atomic E-state index is 11.6. The van der Waals surface area contributed by atoms with E-state index in [4.69, 9.17) is 5.73 Å². The molecule has 2 unspecified atom stereocenters. The molecule has 3 amide bonds. The largest absolute Gasteiger partial charge is 0.341 e. The minimum Gasteiger partial charge on any atom is -0.341 e. The molecule has 0 aromatic heterocycles. The quantitative estimate of drug-likeness (QED) is 0.585. The molecule has 6 heteroatoms. The first-order valence-electron chi connectivity index (χ1n) is 5.55. The second-order valence-corrected chi connectivity index (χ2v) is 4.13. The number of urea groups is 1. The summed E-state index contributed by atoms with van der Waals surface area (Å²) in [6.45, 7) is 4.15. The topological polar surface area (TPSA) is 87.5 Å². The van der Waals surface area contributed by atoms with E-state index in [0.29, 0.717) is 12.5 Å². The van der Waals surface area contributed by atoms with Crippen LogP contribution in [0.25, 0.3) is 0 Å². The second-order valence-electron chi connectivity index (χ2n) is 4.13. The number of nitrogens with zero attached hydrogens (tertiary/aromatic N) is 1. The predicted molar refractivity (Wildman–Crippen MR) is 60.8 cm³/mol. The smallest absolute Gasteiger partial charge is 0.321 e. The van der Waals surface area contributed by atoms with Crippen LogP contribution in [0.1, 0.15) is 13.3 Å². The fraction of sp³-hybridized carbons (Fsp3) is 0.800. The van der Waals surface area contributed by atoms with Crippen molar-refractivity contribution in [2.75, 3.05) is 26.7 Å². The highest BCUT2D eigenvalue weighted by atomic mass is 16.2. The van der Waals surface area contributed by atoms with Gasteiger partial charge in [-0.1, -0.05) is 0 Å². The van der Waals surface area contributed by atoms with Crippen molar-refractivity contribution in [2.45, 2.75) is 19.4 Å². The molecule has 0 aromatic rings. The molecular formula is C10H20N4O2. The van der Waals surface area contributed by atoms with E-state index in [1.165, 1.54) is 7.05 Å². The molecule has 1 saturated heterocycles. The number of hydrogen-bond acceptors (Lipinski definition) is 4. The van der Waals surface area contributed by atoms with E-state index in [0.717, 1.165) is 19.5 Å². The maximum Gasteiger partial charge on any atom is 0.321 e. The molecule has 6 nitrogen and oxygen atoms in total. The fourth-order valence-electron chi connectivity index (χ4n) is 1.85. The lowest BCUT2D eigenvalue weighted by Gasteiger charge is -2.22. The van der Waals surface area contributed by atoms with Crippen LogP contribution in [0.15, 0.2) is 0 Å². The summed E-state index contributed by atoms with van der Waals surface area (Å²) in [5.41, 5.74) is 5.58. The Hall–Kier alpha value is -1.14. The summed E-state index contributed by atoms with van der Waals surface area (Å²) >= 11 is 0. The van der Waals surface area contributed by atoms with Crippen LogP contribution in [0.3, 0.4) is 0 Å². The highest BCUT2D eigenvalue weighted by Crippen LogP contribution is 2.17. The molecule has 0 spiro atoms. The first-order valence-corrected chi connectivity index (χ1v) is 5.55. The summed E-state index contributed by atoms with van der Waals surface area (Å²) in [4.78, 5) is 24.7. The number of amides is 3. The van der Waals surface area contributed by atoms with Gasteiger partial charge in [0.05, 0.1) is 6.04 Å². The van der Waals surface area contributed by atoms with Gasteiger partial charge in [0.15, 0.2) is 0 Å². The number of carbonyl (C=O) groups excluding carboxylic acids is 2. The number of likely N-dealkylation sites (tertiary alicyclic amines) is 1. The normalized spacial score (nSPS) is 22.8. The summed E-state index contributed by atoms with van der Waals surface area (Å²) < 4.78 is 0. The van der Waals surface area contributed by atoms with Gasteiger partial charge in [-0.15, -0.1) is 0 Å². The summed E-state index contributed by atoms with van der Waals surface area (Å²) in [5, 5.41) is 4.63. The standard InChI is InChI=1S/C10H20N4O2/c1-7(9(15)13-10(16)12-2)14-4-3-8(5-11)6-14/h7-8H,3-6,11H2,1-2H3,(H2,12,13,15,16). The molecule has 0 aliphatic carbocycles. The van der Waals surface area contributed by atoms with Gasteiger partial charge in [-0.2, -0.15) is 0 Å². The van der Waals surface area contributed by atoms with Crippen molar-refractivity contribution in [3.63, 3.8) is 0 Å². The summed E-state index contributed by atoms with van der Waals surface area (Å²) in [5.74, 6) is 0.201. The van der Waals surface area contributed by atoms with Crippen molar-refractivity contribution in [1.29, 1.82) is 0 Å². The van der Waals surface area contributed by atoms with Crippen LogP contribution >= 0.6 is 0 Å². The molecule has 1 aliphatic heterocycles. The van der Waals surface area contributed by atoms with Crippen LogP contribution in [-0.2, 0) is 4.79 Å². The minimum absolute atomic E-state index is 0.267. The maximum absolute atomic E-state index is 11.6. The zero-order valence-electron chi connectivity index (χ0n) is 9.82. The van der Waals surface area contributed by atoms with Crippen LogP contribution in [0.4, 0.5) is 4.79 Å². The highest BCUT2D eigenvalue weighted by Gasteiger charge is 2.29. The zero-order chi connectivity index (χ0) is 12.1. The average molecular weight is 228 g/mol. The van der Waals surface area contributed by atoms with Crippen molar-refractivity contribution in [3.05, 3.63) is 0 Å². The number of rotatable bonds is 3. The Balaban J connectivity index is 2.42. The van der Waals surface area contributed by atoms with Gasteiger partial charge in [-0.25, -0.2) is 4.79 Å². The molecule has 1 aliphatic rings. The van der Waals surface area contributed by atoms with E-state index in [1.807, 2.05) is 0 Å².